The lowest BCUT2D eigenvalue weighted by atomic mass is 9.94. The van der Waals surface area contributed by atoms with Crippen molar-refractivity contribution in [3.05, 3.63) is 71.8 Å². The Balaban J connectivity index is 1.45. The summed E-state index contributed by atoms with van der Waals surface area (Å²) in [7, 11) is 0. The number of para-hydroxylation sites is 2. The van der Waals surface area contributed by atoms with Gasteiger partial charge in [-0.25, -0.2) is 4.98 Å². The molecule has 5 rings (SSSR count). The number of amides is 2. The van der Waals surface area contributed by atoms with E-state index in [1.807, 2.05) is 55.5 Å². The monoisotopic (exact) mass is 429 g/mol. The van der Waals surface area contributed by atoms with Gasteiger partial charge in [0, 0.05) is 29.5 Å². The van der Waals surface area contributed by atoms with Crippen LogP contribution in [0.5, 0.6) is 0 Å². The summed E-state index contributed by atoms with van der Waals surface area (Å²) < 4.78 is 1.59. The highest BCUT2D eigenvalue weighted by Gasteiger charge is 2.33. The number of imidazole rings is 1. The number of thioether (sulfide) groups is 1. The van der Waals surface area contributed by atoms with Gasteiger partial charge in [0.15, 0.2) is 5.16 Å². The van der Waals surface area contributed by atoms with E-state index in [1.54, 1.807) is 16.7 Å². The molecule has 1 aromatic heterocycles. The molecule has 1 aliphatic heterocycles. The molecule has 0 N–H and O–H groups in total. The van der Waals surface area contributed by atoms with Crippen LogP contribution in [0.2, 0.25) is 0 Å². The fraction of sp³-hybridized carbons (Fsp3) is 0.167. The van der Waals surface area contributed by atoms with Gasteiger partial charge >= 0.3 is 0 Å². The van der Waals surface area contributed by atoms with Gasteiger partial charge in [-0.05, 0) is 35.4 Å². The van der Waals surface area contributed by atoms with Crippen molar-refractivity contribution in [2.24, 2.45) is 0 Å². The summed E-state index contributed by atoms with van der Waals surface area (Å²) in [4.78, 5) is 45.0. The first-order valence-electron chi connectivity index (χ1n) is 10.1. The fourth-order valence-corrected chi connectivity index (χ4v) is 4.82. The molecule has 0 saturated carbocycles. The van der Waals surface area contributed by atoms with E-state index in [-0.39, 0.29) is 30.7 Å². The van der Waals surface area contributed by atoms with Crippen molar-refractivity contribution in [3.63, 3.8) is 0 Å². The van der Waals surface area contributed by atoms with E-state index in [0.29, 0.717) is 21.7 Å². The zero-order chi connectivity index (χ0) is 21.5. The van der Waals surface area contributed by atoms with Gasteiger partial charge in [0.2, 0.25) is 5.91 Å². The molecule has 31 heavy (non-hydrogen) atoms. The topological polar surface area (TPSA) is 72.3 Å². The van der Waals surface area contributed by atoms with Crippen molar-refractivity contribution in [2.45, 2.75) is 18.5 Å². The Labute approximate surface area is 182 Å². The largest absolute Gasteiger partial charge is 0.274 e. The van der Waals surface area contributed by atoms with Crippen LogP contribution in [0.15, 0.2) is 65.8 Å². The Kier molecular flexibility index (Phi) is 4.82. The van der Waals surface area contributed by atoms with Crippen molar-refractivity contribution in [1.29, 1.82) is 0 Å². The van der Waals surface area contributed by atoms with Crippen molar-refractivity contribution < 1.29 is 14.4 Å². The molecular formula is C24H19N3O3S. The minimum Gasteiger partial charge on any atom is -0.274 e. The molecule has 7 heteroatoms. The average Bonchev–Trinajstić information content (AvgIpc) is 3.15. The van der Waals surface area contributed by atoms with Crippen LogP contribution < -0.4 is 0 Å². The molecule has 0 fully saturated rings. The van der Waals surface area contributed by atoms with E-state index in [4.69, 9.17) is 0 Å². The SMILES string of the molecule is CCSc1nc2ccccc2n1C(=O)CCN1C(=O)c2cccc3cccc(c23)C1=O. The second kappa shape index (κ2) is 7.67. The fourth-order valence-electron chi connectivity index (χ4n) is 4.07. The normalized spacial score (nSPS) is 13.4. The van der Waals surface area contributed by atoms with Crippen LogP contribution in [0.3, 0.4) is 0 Å². The van der Waals surface area contributed by atoms with Crippen LogP contribution in [-0.2, 0) is 0 Å². The Morgan fingerprint density at radius 2 is 1.61 bits per heavy atom. The smallest absolute Gasteiger partial charge is 0.261 e. The number of imide groups is 1. The Morgan fingerprint density at radius 1 is 0.935 bits per heavy atom. The molecule has 0 saturated heterocycles. The summed E-state index contributed by atoms with van der Waals surface area (Å²) in [5, 5.41) is 2.17. The van der Waals surface area contributed by atoms with Crippen LogP contribution in [0.4, 0.5) is 0 Å². The zero-order valence-corrected chi connectivity index (χ0v) is 17.7. The molecule has 6 nitrogen and oxygen atoms in total. The molecule has 0 spiro atoms. The maximum Gasteiger partial charge on any atom is 0.261 e. The Hall–Kier alpha value is -3.45. The molecule has 2 heterocycles. The number of benzene rings is 3. The second-order valence-corrected chi connectivity index (χ2v) is 8.50. The molecule has 3 aromatic carbocycles. The van der Waals surface area contributed by atoms with Crippen molar-refractivity contribution >= 4 is 51.3 Å². The molecule has 4 aromatic rings. The van der Waals surface area contributed by atoms with Crippen LogP contribution in [-0.4, -0.2) is 44.5 Å². The van der Waals surface area contributed by atoms with Crippen molar-refractivity contribution in [1.82, 2.24) is 14.5 Å². The summed E-state index contributed by atoms with van der Waals surface area (Å²) in [6.07, 6.45) is 0.0211. The first-order chi connectivity index (χ1) is 15.1. The molecule has 0 unspecified atom stereocenters. The minimum atomic E-state index is -0.360. The Bertz CT molecular complexity index is 1320. The number of hydrogen-bond donors (Lipinski definition) is 0. The predicted molar refractivity (Wildman–Crippen MR) is 121 cm³/mol. The molecule has 0 atom stereocenters. The Morgan fingerprint density at radius 3 is 2.29 bits per heavy atom. The summed E-state index contributed by atoms with van der Waals surface area (Å²) in [5.74, 6) is -0.135. The first kappa shape index (κ1) is 19.5. The summed E-state index contributed by atoms with van der Waals surface area (Å²) >= 11 is 1.49. The van der Waals surface area contributed by atoms with Gasteiger partial charge in [0.1, 0.15) is 0 Å². The number of nitrogens with zero attached hydrogens (tertiary/aromatic N) is 3. The molecule has 0 radical (unpaired) electrons. The highest BCUT2D eigenvalue weighted by Crippen LogP contribution is 2.30. The molecule has 0 bridgehead atoms. The van der Waals surface area contributed by atoms with E-state index in [0.717, 1.165) is 22.2 Å². The molecule has 1 aliphatic rings. The number of fused-ring (bicyclic) bond motifs is 1. The van der Waals surface area contributed by atoms with Crippen LogP contribution in [0.25, 0.3) is 21.8 Å². The first-order valence-corrected chi connectivity index (χ1v) is 11.1. The van der Waals surface area contributed by atoms with Crippen molar-refractivity contribution in [3.8, 4) is 0 Å². The standard InChI is InChI=1S/C24H19N3O3S/c1-2-31-24-25-18-11-3-4-12-19(18)27(24)20(28)13-14-26-22(29)16-9-5-7-15-8-6-10-17(21(15)16)23(26)30/h3-12H,2,13-14H2,1H3. The number of rotatable bonds is 5. The van der Waals surface area contributed by atoms with E-state index in [1.165, 1.54) is 16.7 Å². The molecule has 154 valence electrons. The van der Waals surface area contributed by atoms with E-state index < -0.39 is 0 Å². The van der Waals surface area contributed by atoms with Crippen LogP contribution in [0.1, 0.15) is 38.9 Å². The third kappa shape index (κ3) is 3.13. The highest BCUT2D eigenvalue weighted by atomic mass is 32.2. The number of carbonyl (C=O) groups excluding carboxylic acids is 3. The lowest BCUT2D eigenvalue weighted by Gasteiger charge is -2.27. The average molecular weight is 430 g/mol. The maximum atomic E-state index is 13.2. The van der Waals surface area contributed by atoms with Gasteiger partial charge in [0.05, 0.1) is 11.0 Å². The molecule has 2 amide bonds. The van der Waals surface area contributed by atoms with Gasteiger partial charge in [0.25, 0.3) is 11.8 Å². The number of hydrogen-bond acceptors (Lipinski definition) is 5. The van der Waals surface area contributed by atoms with E-state index >= 15 is 0 Å². The summed E-state index contributed by atoms with van der Waals surface area (Å²) in [5.41, 5.74) is 2.47. The molecular weight excluding hydrogens is 410 g/mol. The third-order valence-electron chi connectivity index (χ3n) is 5.46. The van der Waals surface area contributed by atoms with Gasteiger partial charge in [-0.3, -0.25) is 23.9 Å². The lowest BCUT2D eigenvalue weighted by Crippen LogP contribution is -2.41. The van der Waals surface area contributed by atoms with Gasteiger partial charge in [-0.1, -0.05) is 55.1 Å². The number of carbonyl (C=O) groups is 3. The lowest BCUT2D eigenvalue weighted by molar-refractivity contribution is 0.0602. The van der Waals surface area contributed by atoms with Crippen LogP contribution >= 0.6 is 11.8 Å². The minimum absolute atomic E-state index is 0.0178. The number of aromatic nitrogens is 2. The quantitative estimate of drug-likeness (QED) is 0.342. The zero-order valence-electron chi connectivity index (χ0n) is 16.9. The molecule has 0 aliphatic carbocycles. The second-order valence-electron chi connectivity index (χ2n) is 7.27. The summed E-state index contributed by atoms with van der Waals surface area (Å²) in [6.45, 7) is 2.02. The van der Waals surface area contributed by atoms with E-state index in [2.05, 4.69) is 4.98 Å². The predicted octanol–water partition coefficient (Wildman–Crippen LogP) is 4.63. The highest BCUT2D eigenvalue weighted by molar-refractivity contribution is 7.99. The van der Waals surface area contributed by atoms with Gasteiger partial charge in [-0.2, -0.15) is 0 Å². The summed E-state index contributed by atoms with van der Waals surface area (Å²) in [6, 6.07) is 18.3. The van der Waals surface area contributed by atoms with Crippen LogP contribution in [0, 0.1) is 0 Å². The third-order valence-corrected chi connectivity index (χ3v) is 6.28. The van der Waals surface area contributed by atoms with Crippen molar-refractivity contribution in [2.75, 3.05) is 12.3 Å². The van der Waals surface area contributed by atoms with E-state index in [9.17, 15) is 14.4 Å². The maximum absolute atomic E-state index is 13.2. The van der Waals surface area contributed by atoms with Gasteiger partial charge < -0.3 is 0 Å². The van der Waals surface area contributed by atoms with Gasteiger partial charge in [-0.15, -0.1) is 0 Å².